The predicted molar refractivity (Wildman–Crippen MR) is 103 cm³/mol. The number of hydrogen-bond donors (Lipinski definition) is 1. The molecule has 2 heterocycles. The maximum atomic E-state index is 6.01. The van der Waals surface area contributed by atoms with Crippen LogP contribution in [-0.4, -0.2) is 21.4 Å². The summed E-state index contributed by atoms with van der Waals surface area (Å²) in [4.78, 5) is 14.6. The van der Waals surface area contributed by atoms with Gasteiger partial charge in [-0.05, 0) is 25.1 Å². The van der Waals surface area contributed by atoms with E-state index in [-0.39, 0.29) is 0 Å². The largest absolute Gasteiger partial charge is 0.399 e. The Morgan fingerprint density at radius 2 is 1.96 bits per heavy atom. The van der Waals surface area contributed by atoms with Crippen LogP contribution in [-0.2, 0) is 16.4 Å². The van der Waals surface area contributed by atoms with Crippen molar-refractivity contribution in [2.24, 2.45) is 0 Å². The van der Waals surface area contributed by atoms with Gasteiger partial charge in [0.15, 0.2) is 0 Å². The Balaban J connectivity index is 1.79. The Bertz CT molecular complexity index is 1030. The summed E-state index contributed by atoms with van der Waals surface area (Å²) in [5.41, 5.74) is 10.4. The van der Waals surface area contributed by atoms with Crippen LogP contribution in [0.3, 0.4) is 0 Å². The van der Waals surface area contributed by atoms with Crippen molar-refractivity contribution in [3.05, 3.63) is 59.6 Å². The molecule has 0 spiro atoms. The highest BCUT2D eigenvalue weighted by molar-refractivity contribution is 7.12. The van der Waals surface area contributed by atoms with Gasteiger partial charge in [-0.15, -0.1) is 11.3 Å². The number of nitrogens with zero attached hydrogens (tertiary/aromatic N) is 3. The second kappa shape index (κ2) is 7.25. The molecule has 0 saturated carbocycles. The van der Waals surface area contributed by atoms with Gasteiger partial charge in [0, 0.05) is 22.0 Å². The first kappa shape index (κ1) is 16.7. The van der Waals surface area contributed by atoms with Gasteiger partial charge >= 0.3 is 0 Å². The molecule has 0 atom stereocenters. The molecule has 0 aliphatic heterocycles. The molecule has 0 saturated heterocycles. The zero-order chi connectivity index (χ0) is 17.9. The maximum absolute atomic E-state index is 6.01. The summed E-state index contributed by atoms with van der Waals surface area (Å²) in [5.74, 6) is 0. The molecule has 2 aromatic carbocycles. The van der Waals surface area contributed by atoms with Gasteiger partial charge in [-0.2, -0.15) is 5.10 Å². The van der Waals surface area contributed by atoms with Crippen LogP contribution in [0, 0.1) is 0 Å². The molecule has 0 aliphatic rings. The first-order chi connectivity index (χ1) is 12.8. The molecule has 26 heavy (non-hydrogen) atoms. The van der Waals surface area contributed by atoms with Gasteiger partial charge in [0.25, 0.3) is 0 Å². The van der Waals surface area contributed by atoms with Crippen LogP contribution in [0.5, 0.6) is 0 Å². The number of nitrogens with two attached hydrogens (primary N) is 1. The molecule has 7 heteroatoms. The third-order valence-corrected chi connectivity index (χ3v) is 4.75. The fourth-order valence-electron chi connectivity index (χ4n) is 2.73. The van der Waals surface area contributed by atoms with E-state index < -0.39 is 0 Å². The number of benzene rings is 2. The molecule has 0 bridgehead atoms. The number of anilines is 1. The standard InChI is InChI=1S/C19H18N4O2S/c1-2-24-25-11-15-12-26-19(21-15)23-17-10-14(20)8-9-16(17)18(22-23)13-6-4-3-5-7-13/h3-10,12H,2,11,20H2,1H3. The summed E-state index contributed by atoms with van der Waals surface area (Å²) >= 11 is 1.50. The van der Waals surface area contributed by atoms with Gasteiger partial charge in [0.2, 0.25) is 5.13 Å². The lowest BCUT2D eigenvalue weighted by molar-refractivity contribution is -0.301. The molecule has 0 aliphatic carbocycles. The van der Waals surface area contributed by atoms with Crippen molar-refractivity contribution in [1.29, 1.82) is 0 Å². The van der Waals surface area contributed by atoms with E-state index >= 15 is 0 Å². The first-order valence-corrected chi connectivity index (χ1v) is 9.17. The van der Waals surface area contributed by atoms with E-state index in [1.807, 2.05) is 65.5 Å². The van der Waals surface area contributed by atoms with E-state index in [0.717, 1.165) is 33.0 Å². The van der Waals surface area contributed by atoms with E-state index in [1.54, 1.807) is 0 Å². The number of thiazole rings is 1. The average Bonchev–Trinajstić information content (AvgIpc) is 3.27. The first-order valence-electron chi connectivity index (χ1n) is 8.29. The van der Waals surface area contributed by atoms with Crippen LogP contribution in [0.15, 0.2) is 53.9 Å². The number of hydrogen-bond acceptors (Lipinski definition) is 6. The summed E-state index contributed by atoms with van der Waals surface area (Å²) in [7, 11) is 0. The van der Waals surface area contributed by atoms with Crippen LogP contribution < -0.4 is 5.73 Å². The normalized spacial score (nSPS) is 11.3. The lowest BCUT2D eigenvalue weighted by Crippen LogP contribution is -1.99. The molecular weight excluding hydrogens is 348 g/mol. The van der Waals surface area contributed by atoms with E-state index in [2.05, 4.69) is 4.98 Å². The zero-order valence-electron chi connectivity index (χ0n) is 14.3. The van der Waals surface area contributed by atoms with Crippen molar-refractivity contribution in [3.8, 4) is 16.4 Å². The highest BCUT2D eigenvalue weighted by atomic mass is 32.1. The molecule has 0 amide bonds. The number of aromatic nitrogens is 3. The van der Waals surface area contributed by atoms with Crippen molar-refractivity contribution in [3.63, 3.8) is 0 Å². The van der Waals surface area contributed by atoms with Crippen LogP contribution >= 0.6 is 11.3 Å². The molecular formula is C19H18N4O2S. The number of rotatable bonds is 6. The summed E-state index contributed by atoms with van der Waals surface area (Å²) < 4.78 is 1.84. The Labute approximate surface area is 154 Å². The molecule has 4 rings (SSSR count). The Hall–Kier alpha value is -2.74. The van der Waals surface area contributed by atoms with Gasteiger partial charge in [-0.3, -0.25) is 0 Å². The monoisotopic (exact) mass is 366 g/mol. The van der Waals surface area contributed by atoms with Gasteiger partial charge in [-0.25, -0.2) is 19.4 Å². The third-order valence-electron chi connectivity index (χ3n) is 3.88. The minimum Gasteiger partial charge on any atom is -0.399 e. The van der Waals surface area contributed by atoms with Crippen LogP contribution in [0.4, 0.5) is 5.69 Å². The van der Waals surface area contributed by atoms with Gasteiger partial charge in [0.1, 0.15) is 12.3 Å². The summed E-state index contributed by atoms with van der Waals surface area (Å²) in [6.07, 6.45) is 0. The van der Waals surface area contributed by atoms with Crippen LogP contribution in [0.25, 0.3) is 27.3 Å². The molecule has 4 aromatic rings. The molecule has 0 unspecified atom stereocenters. The number of fused-ring (bicyclic) bond motifs is 1. The minimum absolute atomic E-state index is 0.303. The Morgan fingerprint density at radius 1 is 1.12 bits per heavy atom. The highest BCUT2D eigenvalue weighted by Crippen LogP contribution is 2.31. The van der Waals surface area contributed by atoms with Crippen molar-refractivity contribution in [2.75, 3.05) is 12.3 Å². The Kier molecular flexibility index (Phi) is 4.66. The fourth-order valence-corrected chi connectivity index (χ4v) is 3.50. The van der Waals surface area contributed by atoms with E-state index in [9.17, 15) is 0 Å². The Morgan fingerprint density at radius 3 is 2.77 bits per heavy atom. The topological polar surface area (TPSA) is 75.2 Å². The second-order valence-electron chi connectivity index (χ2n) is 5.69. The van der Waals surface area contributed by atoms with Crippen molar-refractivity contribution >= 4 is 27.9 Å². The summed E-state index contributed by atoms with van der Waals surface area (Å²) in [6, 6.07) is 15.9. The average molecular weight is 366 g/mol. The molecule has 132 valence electrons. The van der Waals surface area contributed by atoms with Crippen molar-refractivity contribution < 1.29 is 9.78 Å². The predicted octanol–water partition coefficient (Wildman–Crippen LogP) is 4.20. The van der Waals surface area contributed by atoms with Crippen LogP contribution in [0.1, 0.15) is 12.6 Å². The van der Waals surface area contributed by atoms with E-state index in [1.165, 1.54) is 11.3 Å². The van der Waals surface area contributed by atoms with Crippen LogP contribution in [0.2, 0.25) is 0 Å². The second-order valence-corrected chi connectivity index (χ2v) is 6.53. The smallest absolute Gasteiger partial charge is 0.211 e. The lowest BCUT2D eigenvalue weighted by atomic mass is 10.1. The third kappa shape index (κ3) is 3.20. The van der Waals surface area contributed by atoms with Gasteiger partial charge in [0.05, 0.1) is 17.8 Å². The quantitative estimate of drug-likeness (QED) is 0.240. The SMILES string of the molecule is CCOOCc1csc(-n2nc(-c3ccccc3)c3ccc(N)cc32)n1. The van der Waals surface area contributed by atoms with Crippen molar-refractivity contribution in [1.82, 2.24) is 14.8 Å². The van der Waals surface area contributed by atoms with Crippen molar-refractivity contribution in [2.45, 2.75) is 13.5 Å². The summed E-state index contributed by atoms with van der Waals surface area (Å²) in [5, 5.41) is 8.56. The van der Waals surface area contributed by atoms with E-state index in [0.29, 0.717) is 18.9 Å². The molecule has 6 nitrogen and oxygen atoms in total. The highest BCUT2D eigenvalue weighted by Gasteiger charge is 2.16. The number of nitrogen functional groups attached to an aromatic ring is 1. The van der Waals surface area contributed by atoms with Gasteiger partial charge < -0.3 is 5.73 Å². The lowest BCUT2D eigenvalue weighted by Gasteiger charge is -2.00. The minimum atomic E-state index is 0.303. The maximum Gasteiger partial charge on any atom is 0.211 e. The molecule has 0 radical (unpaired) electrons. The molecule has 2 aromatic heterocycles. The fraction of sp³-hybridized carbons (Fsp3) is 0.158. The van der Waals surface area contributed by atoms with Gasteiger partial charge in [-0.1, -0.05) is 30.3 Å². The zero-order valence-corrected chi connectivity index (χ0v) is 15.1. The van der Waals surface area contributed by atoms with E-state index in [4.69, 9.17) is 20.6 Å². The summed E-state index contributed by atoms with van der Waals surface area (Å²) in [6.45, 7) is 2.68. The molecule has 2 N–H and O–H groups in total. The molecule has 0 fully saturated rings.